The maximum atomic E-state index is 12.6. The van der Waals surface area contributed by atoms with E-state index in [0.29, 0.717) is 5.69 Å². The summed E-state index contributed by atoms with van der Waals surface area (Å²) >= 11 is 12.0. The zero-order chi connectivity index (χ0) is 18.3. The molecule has 26 heavy (non-hydrogen) atoms. The number of hydrogen-bond donors (Lipinski definition) is 0. The molecule has 0 unspecified atom stereocenters. The molecule has 0 spiro atoms. The summed E-state index contributed by atoms with van der Waals surface area (Å²) in [5, 5.41) is 0.502. The van der Waals surface area contributed by atoms with Crippen LogP contribution in [0.15, 0.2) is 60.9 Å². The molecule has 0 atom stereocenters. The lowest BCUT2D eigenvalue weighted by atomic mass is 10.1. The summed E-state index contributed by atoms with van der Waals surface area (Å²) in [4.78, 5) is 30.4. The van der Waals surface area contributed by atoms with Gasteiger partial charge in [0.05, 0.1) is 26.9 Å². The number of rotatable bonds is 3. The molecule has 0 saturated heterocycles. The van der Waals surface area contributed by atoms with Gasteiger partial charge in [-0.15, -0.1) is 0 Å². The number of imide groups is 1. The summed E-state index contributed by atoms with van der Waals surface area (Å²) in [5.74, 6) is -0.795. The molecular weight excluding hydrogens is 371 g/mol. The molecule has 2 aromatic carbocycles. The Balaban J connectivity index is 1.62. The maximum absolute atomic E-state index is 12.6. The Hall–Kier alpha value is -2.69. The van der Waals surface area contributed by atoms with E-state index in [9.17, 15) is 9.59 Å². The summed E-state index contributed by atoms with van der Waals surface area (Å²) in [5.41, 5.74) is 3.26. The lowest BCUT2D eigenvalue weighted by Gasteiger charge is -2.14. The van der Waals surface area contributed by atoms with E-state index in [1.165, 1.54) is 12.1 Å². The summed E-state index contributed by atoms with van der Waals surface area (Å²) in [6.07, 6.45) is 4.24. The number of fused-ring (bicyclic) bond motifs is 1. The van der Waals surface area contributed by atoms with E-state index in [1.807, 2.05) is 24.3 Å². The first-order valence-corrected chi connectivity index (χ1v) is 8.66. The van der Waals surface area contributed by atoms with Gasteiger partial charge in [-0.05, 0) is 53.9 Å². The average Bonchev–Trinajstić information content (AvgIpc) is 2.88. The van der Waals surface area contributed by atoms with Gasteiger partial charge >= 0.3 is 0 Å². The number of aromatic nitrogens is 1. The zero-order valence-corrected chi connectivity index (χ0v) is 15.0. The SMILES string of the molecule is O=C1c2cc(Cl)c(Cl)cc2C(=O)N1c1ccc(Cc2ccncc2)cc1. The second-order valence-corrected chi connectivity index (χ2v) is 6.77. The molecule has 0 fully saturated rings. The van der Waals surface area contributed by atoms with Gasteiger partial charge < -0.3 is 0 Å². The zero-order valence-electron chi connectivity index (χ0n) is 13.4. The van der Waals surface area contributed by atoms with Crippen molar-refractivity contribution in [1.82, 2.24) is 4.98 Å². The highest BCUT2D eigenvalue weighted by molar-refractivity contribution is 6.44. The van der Waals surface area contributed by atoms with Crippen LogP contribution in [0.1, 0.15) is 31.8 Å². The van der Waals surface area contributed by atoms with Crippen LogP contribution >= 0.6 is 23.2 Å². The highest BCUT2D eigenvalue weighted by Crippen LogP contribution is 2.34. The molecular formula is C20H12Cl2N2O2. The number of anilines is 1. The van der Waals surface area contributed by atoms with Crippen LogP contribution in [0, 0.1) is 0 Å². The van der Waals surface area contributed by atoms with Crippen LogP contribution in [0.3, 0.4) is 0 Å². The molecule has 2 heterocycles. The molecule has 4 nitrogen and oxygen atoms in total. The molecule has 2 amide bonds. The monoisotopic (exact) mass is 382 g/mol. The van der Waals surface area contributed by atoms with E-state index in [1.54, 1.807) is 24.5 Å². The van der Waals surface area contributed by atoms with Gasteiger partial charge in [-0.3, -0.25) is 14.6 Å². The number of pyridine rings is 1. The lowest BCUT2D eigenvalue weighted by molar-refractivity contribution is 0.0926. The van der Waals surface area contributed by atoms with Crippen LogP contribution in [0.25, 0.3) is 0 Å². The maximum Gasteiger partial charge on any atom is 0.266 e. The van der Waals surface area contributed by atoms with Crippen molar-refractivity contribution >= 4 is 40.7 Å². The molecule has 6 heteroatoms. The topological polar surface area (TPSA) is 50.3 Å². The van der Waals surface area contributed by atoms with Crippen LogP contribution in [0.4, 0.5) is 5.69 Å². The minimum atomic E-state index is -0.398. The average molecular weight is 383 g/mol. The smallest absolute Gasteiger partial charge is 0.266 e. The van der Waals surface area contributed by atoms with Crippen molar-refractivity contribution in [3.8, 4) is 0 Å². The van der Waals surface area contributed by atoms with Crippen molar-refractivity contribution in [3.63, 3.8) is 0 Å². The van der Waals surface area contributed by atoms with Crippen molar-refractivity contribution in [2.75, 3.05) is 4.90 Å². The van der Waals surface area contributed by atoms with Gasteiger partial charge in [0, 0.05) is 12.4 Å². The van der Waals surface area contributed by atoms with E-state index in [-0.39, 0.29) is 21.2 Å². The third-order valence-corrected chi connectivity index (χ3v) is 5.00. The van der Waals surface area contributed by atoms with Gasteiger partial charge in [0.15, 0.2) is 0 Å². The predicted octanol–water partition coefficient (Wildman–Crippen LogP) is 4.78. The first-order valence-electron chi connectivity index (χ1n) is 7.90. The Bertz CT molecular complexity index is 977. The van der Waals surface area contributed by atoms with Crippen LogP contribution in [0.2, 0.25) is 10.0 Å². The number of carbonyl (C=O) groups is 2. The van der Waals surface area contributed by atoms with E-state index in [2.05, 4.69) is 4.98 Å². The van der Waals surface area contributed by atoms with Gasteiger partial charge in [0.2, 0.25) is 0 Å². The van der Waals surface area contributed by atoms with Crippen LogP contribution < -0.4 is 4.90 Å². The first-order chi connectivity index (χ1) is 12.5. The molecule has 1 aliphatic rings. The van der Waals surface area contributed by atoms with Gasteiger partial charge in [-0.25, -0.2) is 4.90 Å². The standard InChI is InChI=1S/C20H12Cl2N2O2/c21-17-10-15-16(11-18(17)22)20(26)24(19(15)25)14-3-1-12(2-4-14)9-13-5-7-23-8-6-13/h1-8,10-11H,9H2. The van der Waals surface area contributed by atoms with Crippen molar-refractivity contribution in [2.24, 2.45) is 0 Å². The largest absolute Gasteiger partial charge is 0.268 e. The third kappa shape index (κ3) is 2.87. The molecule has 0 N–H and O–H groups in total. The van der Waals surface area contributed by atoms with Crippen molar-refractivity contribution in [2.45, 2.75) is 6.42 Å². The molecule has 0 saturated carbocycles. The van der Waals surface area contributed by atoms with Gasteiger partial charge in [-0.1, -0.05) is 35.3 Å². The highest BCUT2D eigenvalue weighted by Gasteiger charge is 2.37. The molecule has 128 valence electrons. The van der Waals surface area contributed by atoms with Crippen molar-refractivity contribution in [1.29, 1.82) is 0 Å². The highest BCUT2D eigenvalue weighted by atomic mass is 35.5. The van der Waals surface area contributed by atoms with Gasteiger partial charge in [-0.2, -0.15) is 0 Å². The van der Waals surface area contributed by atoms with E-state index >= 15 is 0 Å². The first kappa shape index (κ1) is 16.8. The lowest BCUT2D eigenvalue weighted by Crippen LogP contribution is -2.29. The summed E-state index contributed by atoms with van der Waals surface area (Å²) in [6.45, 7) is 0. The summed E-state index contributed by atoms with van der Waals surface area (Å²) < 4.78 is 0. The van der Waals surface area contributed by atoms with Gasteiger partial charge in [0.25, 0.3) is 11.8 Å². The van der Waals surface area contributed by atoms with Crippen LogP contribution in [-0.4, -0.2) is 16.8 Å². The number of amides is 2. The number of halogens is 2. The summed E-state index contributed by atoms with van der Waals surface area (Å²) in [6, 6.07) is 14.1. The van der Waals surface area contributed by atoms with E-state index in [4.69, 9.17) is 23.2 Å². The van der Waals surface area contributed by atoms with E-state index < -0.39 is 11.8 Å². The Kier molecular flexibility index (Phi) is 4.23. The number of nitrogens with zero attached hydrogens (tertiary/aromatic N) is 2. The molecule has 1 aliphatic heterocycles. The second-order valence-electron chi connectivity index (χ2n) is 5.96. The summed E-state index contributed by atoms with van der Waals surface area (Å²) in [7, 11) is 0. The third-order valence-electron chi connectivity index (χ3n) is 4.28. The fraction of sp³-hybridized carbons (Fsp3) is 0.0500. The quantitative estimate of drug-likeness (QED) is 0.612. The number of carbonyl (C=O) groups excluding carboxylic acids is 2. The molecule has 0 aliphatic carbocycles. The van der Waals surface area contributed by atoms with Crippen LogP contribution in [0.5, 0.6) is 0 Å². The molecule has 4 rings (SSSR count). The van der Waals surface area contributed by atoms with Gasteiger partial charge in [0.1, 0.15) is 0 Å². The van der Waals surface area contributed by atoms with E-state index in [0.717, 1.165) is 22.4 Å². The number of benzene rings is 2. The Morgan fingerprint density at radius 1 is 0.769 bits per heavy atom. The Labute approximate surface area is 160 Å². The predicted molar refractivity (Wildman–Crippen MR) is 101 cm³/mol. The van der Waals surface area contributed by atoms with Crippen LogP contribution in [-0.2, 0) is 6.42 Å². The number of hydrogen-bond acceptors (Lipinski definition) is 3. The normalized spacial score (nSPS) is 13.2. The fourth-order valence-corrected chi connectivity index (χ4v) is 3.29. The molecule has 0 bridgehead atoms. The molecule has 3 aromatic rings. The van der Waals surface area contributed by atoms with Crippen molar-refractivity contribution in [3.05, 3.63) is 93.2 Å². The molecule has 0 radical (unpaired) electrons. The Morgan fingerprint density at radius 3 is 1.81 bits per heavy atom. The minimum Gasteiger partial charge on any atom is -0.268 e. The fourth-order valence-electron chi connectivity index (χ4n) is 2.97. The Morgan fingerprint density at radius 2 is 1.27 bits per heavy atom. The minimum absolute atomic E-state index is 0.251. The molecule has 1 aromatic heterocycles. The van der Waals surface area contributed by atoms with Crippen molar-refractivity contribution < 1.29 is 9.59 Å². The second kappa shape index (κ2) is 6.56.